The molecule has 0 bridgehead atoms. The molecule has 2 heterocycles. The lowest BCUT2D eigenvalue weighted by Crippen LogP contribution is -2.11. The highest BCUT2D eigenvalue weighted by atomic mass is 16.3. The second kappa shape index (κ2) is 4.70. The predicted octanol–water partition coefficient (Wildman–Crippen LogP) is 2.22. The number of phenols is 1. The molecule has 5 heteroatoms. The maximum absolute atomic E-state index is 11.2. The van der Waals surface area contributed by atoms with Crippen molar-refractivity contribution in [1.29, 1.82) is 0 Å². The van der Waals surface area contributed by atoms with Crippen molar-refractivity contribution in [2.24, 2.45) is 5.73 Å². The van der Waals surface area contributed by atoms with Gasteiger partial charge in [-0.25, -0.2) is 0 Å². The number of carbonyl (C=O) groups is 1. The van der Waals surface area contributed by atoms with E-state index in [9.17, 15) is 9.90 Å². The van der Waals surface area contributed by atoms with Crippen LogP contribution in [0.3, 0.4) is 0 Å². The van der Waals surface area contributed by atoms with Gasteiger partial charge in [-0.2, -0.15) is 0 Å². The summed E-state index contributed by atoms with van der Waals surface area (Å²) in [5.41, 5.74) is 6.58. The van der Waals surface area contributed by atoms with Gasteiger partial charge in [-0.1, -0.05) is 6.07 Å². The summed E-state index contributed by atoms with van der Waals surface area (Å²) in [5.74, 6) is -0.0189. The number of nitrogens with two attached hydrogens (primary N) is 1. The Morgan fingerprint density at radius 1 is 1.35 bits per heavy atom. The lowest BCUT2D eigenvalue weighted by Gasteiger charge is -2.06. The molecule has 1 aromatic carbocycles. The largest absolute Gasteiger partial charge is 0.505 e. The van der Waals surface area contributed by atoms with Crippen LogP contribution in [0.1, 0.15) is 21.7 Å². The average Bonchev–Trinajstić information content (AvgIpc) is 2.91. The Morgan fingerprint density at radius 2 is 2.20 bits per heavy atom. The number of fused-ring (bicyclic) bond motifs is 1. The number of benzene rings is 1. The summed E-state index contributed by atoms with van der Waals surface area (Å²) in [6.45, 7) is 0. The van der Waals surface area contributed by atoms with E-state index in [0.29, 0.717) is 11.9 Å². The molecule has 5 nitrogen and oxygen atoms in total. The number of hydrogen-bond acceptors (Lipinski definition) is 4. The second-order valence-corrected chi connectivity index (χ2v) is 4.50. The molecular weight excluding hydrogens is 256 g/mol. The number of carbonyl (C=O) groups excluding carboxylic acids is 1. The van der Waals surface area contributed by atoms with Crippen LogP contribution >= 0.6 is 0 Å². The third kappa shape index (κ3) is 2.09. The standard InChI is InChI=1S/C15H12N2O3/c16-15(19)12-4-3-10-6-9(7-11-2-1-5-20-11)8-17-13(10)14(12)18/h1-6,8,18H,7H2,(H2,16,19). The first kappa shape index (κ1) is 12.2. The smallest absolute Gasteiger partial charge is 0.252 e. The van der Waals surface area contributed by atoms with E-state index in [2.05, 4.69) is 4.98 Å². The van der Waals surface area contributed by atoms with Gasteiger partial charge < -0.3 is 15.3 Å². The average molecular weight is 268 g/mol. The molecule has 1 amide bonds. The fourth-order valence-corrected chi connectivity index (χ4v) is 2.14. The molecule has 0 aliphatic heterocycles. The van der Waals surface area contributed by atoms with E-state index in [0.717, 1.165) is 16.7 Å². The van der Waals surface area contributed by atoms with Crippen LogP contribution in [0.5, 0.6) is 5.75 Å². The minimum atomic E-state index is -0.675. The first-order chi connectivity index (χ1) is 9.65. The van der Waals surface area contributed by atoms with Gasteiger partial charge in [0.25, 0.3) is 5.91 Å². The van der Waals surface area contributed by atoms with Crippen LogP contribution in [0, 0.1) is 0 Å². The predicted molar refractivity (Wildman–Crippen MR) is 73.4 cm³/mol. The highest BCUT2D eigenvalue weighted by Crippen LogP contribution is 2.27. The Morgan fingerprint density at radius 3 is 2.90 bits per heavy atom. The Hall–Kier alpha value is -2.82. The summed E-state index contributed by atoms with van der Waals surface area (Å²) in [6.07, 6.45) is 3.89. The first-order valence-corrected chi connectivity index (χ1v) is 6.08. The highest BCUT2D eigenvalue weighted by Gasteiger charge is 2.12. The topological polar surface area (TPSA) is 89.4 Å². The SMILES string of the molecule is NC(=O)c1ccc2cc(Cc3ccco3)cnc2c1O. The van der Waals surface area contributed by atoms with Crippen LogP contribution in [-0.4, -0.2) is 16.0 Å². The van der Waals surface area contributed by atoms with E-state index >= 15 is 0 Å². The molecule has 3 rings (SSSR count). The molecule has 0 saturated heterocycles. The minimum Gasteiger partial charge on any atom is -0.505 e. The first-order valence-electron chi connectivity index (χ1n) is 6.08. The molecular formula is C15H12N2O3. The number of nitrogens with zero attached hydrogens (tertiary/aromatic N) is 1. The van der Waals surface area contributed by atoms with E-state index in [1.807, 2.05) is 18.2 Å². The van der Waals surface area contributed by atoms with Crippen LogP contribution in [0.4, 0.5) is 0 Å². The van der Waals surface area contributed by atoms with E-state index in [4.69, 9.17) is 10.2 Å². The van der Waals surface area contributed by atoms with E-state index in [-0.39, 0.29) is 11.3 Å². The summed E-state index contributed by atoms with van der Waals surface area (Å²) in [6, 6.07) is 8.83. The Balaban J connectivity index is 2.04. The zero-order valence-corrected chi connectivity index (χ0v) is 10.5. The number of pyridine rings is 1. The monoisotopic (exact) mass is 268 g/mol. The number of primary amides is 1. The number of rotatable bonds is 3. The molecule has 0 saturated carbocycles. The lowest BCUT2D eigenvalue weighted by molar-refractivity contribution is 0.0998. The van der Waals surface area contributed by atoms with Gasteiger partial charge in [0.15, 0.2) is 5.75 Å². The number of aromatic hydroxyl groups is 1. The maximum atomic E-state index is 11.2. The normalized spacial score (nSPS) is 10.8. The van der Waals surface area contributed by atoms with Crippen molar-refractivity contribution in [2.75, 3.05) is 0 Å². The van der Waals surface area contributed by atoms with Crippen LogP contribution in [0.25, 0.3) is 10.9 Å². The quantitative estimate of drug-likeness (QED) is 0.762. The van der Waals surface area contributed by atoms with Crippen molar-refractivity contribution in [1.82, 2.24) is 4.98 Å². The number of aromatic nitrogens is 1. The molecule has 3 aromatic rings. The molecule has 0 radical (unpaired) electrons. The van der Waals surface area contributed by atoms with Gasteiger partial charge in [-0.3, -0.25) is 9.78 Å². The van der Waals surface area contributed by atoms with Crippen LogP contribution < -0.4 is 5.73 Å². The molecule has 3 N–H and O–H groups in total. The molecule has 100 valence electrons. The number of amides is 1. The Kier molecular flexibility index (Phi) is 2.87. The van der Waals surface area contributed by atoms with Gasteiger partial charge in [0, 0.05) is 18.0 Å². The van der Waals surface area contributed by atoms with Gasteiger partial charge >= 0.3 is 0 Å². The fraction of sp³-hybridized carbons (Fsp3) is 0.0667. The molecule has 0 spiro atoms. The fourth-order valence-electron chi connectivity index (χ4n) is 2.14. The summed E-state index contributed by atoms with van der Waals surface area (Å²) < 4.78 is 5.29. The second-order valence-electron chi connectivity index (χ2n) is 4.50. The van der Waals surface area contributed by atoms with Gasteiger partial charge in [0.2, 0.25) is 0 Å². The van der Waals surface area contributed by atoms with Crippen molar-refractivity contribution in [3.63, 3.8) is 0 Å². The van der Waals surface area contributed by atoms with Crippen LogP contribution in [-0.2, 0) is 6.42 Å². The zero-order valence-electron chi connectivity index (χ0n) is 10.5. The van der Waals surface area contributed by atoms with Crippen molar-refractivity contribution in [2.45, 2.75) is 6.42 Å². The third-order valence-electron chi connectivity index (χ3n) is 3.11. The van der Waals surface area contributed by atoms with E-state index in [1.165, 1.54) is 6.07 Å². The lowest BCUT2D eigenvalue weighted by atomic mass is 10.1. The summed E-state index contributed by atoms with van der Waals surface area (Å²) in [7, 11) is 0. The van der Waals surface area contributed by atoms with E-state index < -0.39 is 5.91 Å². The molecule has 0 aliphatic carbocycles. The highest BCUT2D eigenvalue weighted by molar-refractivity contribution is 6.01. The van der Waals surface area contributed by atoms with Crippen molar-refractivity contribution in [3.8, 4) is 5.75 Å². The van der Waals surface area contributed by atoms with Crippen LogP contribution in [0.2, 0.25) is 0 Å². The Labute approximate surface area is 114 Å². The van der Waals surface area contributed by atoms with E-state index in [1.54, 1.807) is 18.5 Å². The van der Waals surface area contributed by atoms with Gasteiger partial charge in [-0.15, -0.1) is 0 Å². The molecule has 0 aliphatic rings. The summed E-state index contributed by atoms with van der Waals surface area (Å²) in [5, 5.41) is 10.7. The molecule has 0 atom stereocenters. The zero-order chi connectivity index (χ0) is 14.1. The van der Waals surface area contributed by atoms with Crippen molar-refractivity contribution < 1.29 is 14.3 Å². The van der Waals surface area contributed by atoms with Gasteiger partial charge in [0.05, 0.1) is 11.8 Å². The maximum Gasteiger partial charge on any atom is 0.252 e. The summed E-state index contributed by atoms with van der Waals surface area (Å²) in [4.78, 5) is 15.4. The molecule has 0 fully saturated rings. The van der Waals surface area contributed by atoms with Crippen LogP contribution in [0.15, 0.2) is 47.2 Å². The molecule has 0 unspecified atom stereocenters. The minimum absolute atomic E-state index is 0.0729. The molecule has 20 heavy (non-hydrogen) atoms. The summed E-state index contributed by atoms with van der Waals surface area (Å²) >= 11 is 0. The van der Waals surface area contributed by atoms with Gasteiger partial charge in [0.1, 0.15) is 11.3 Å². The molecule has 2 aromatic heterocycles. The Bertz CT molecular complexity index is 779. The van der Waals surface area contributed by atoms with Crippen molar-refractivity contribution >= 4 is 16.8 Å². The van der Waals surface area contributed by atoms with Crippen molar-refractivity contribution in [3.05, 3.63) is 59.7 Å². The number of furan rings is 1. The third-order valence-corrected chi connectivity index (χ3v) is 3.11. The van der Waals surface area contributed by atoms with Gasteiger partial charge in [-0.05, 0) is 29.8 Å². The number of hydrogen-bond donors (Lipinski definition) is 2.